The Hall–Kier alpha value is -1.88. The van der Waals surface area contributed by atoms with E-state index in [4.69, 9.17) is 31.8 Å². The summed E-state index contributed by atoms with van der Waals surface area (Å²) < 4.78 is 19.1. The molecule has 0 bridgehead atoms. The topological polar surface area (TPSA) is 81.7 Å². The molecule has 1 aromatic heterocycles. The van der Waals surface area contributed by atoms with Gasteiger partial charge in [0, 0.05) is 11.4 Å². The Morgan fingerprint density at radius 2 is 1.42 bits per heavy atom. The van der Waals surface area contributed by atoms with Gasteiger partial charge in [0.25, 0.3) is 0 Å². The van der Waals surface area contributed by atoms with E-state index in [1.54, 1.807) is 6.26 Å². The van der Waals surface area contributed by atoms with Crippen LogP contribution in [0.25, 0.3) is 0 Å². The normalized spacial score (nSPS) is 12.1. The second kappa shape index (κ2) is 16.8. The molecule has 36 heavy (non-hydrogen) atoms. The third-order valence-electron chi connectivity index (χ3n) is 5.07. The van der Waals surface area contributed by atoms with Crippen molar-refractivity contribution in [3.05, 3.63) is 66.6 Å². The van der Waals surface area contributed by atoms with Crippen LogP contribution in [0.3, 0.4) is 0 Å². The molecular weight excluding hydrogens is 597 g/mol. The van der Waals surface area contributed by atoms with Gasteiger partial charge in [0.1, 0.15) is 11.5 Å². The molecule has 0 fully saturated rings. The van der Waals surface area contributed by atoms with Crippen LogP contribution >= 0.6 is 21.2 Å². The molecule has 3 rings (SSSR count). The molecule has 1 heterocycles. The molecule has 6 nitrogen and oxygen atoms in total. The summed E-state index contributed by atoms with van der Waals surface area (Å²) in [6.07, 6.45) is 1.80. The van der Waals surface area contributed by atoms with Crippen molar-refractivity contribution in [2.45, 2.75) is 45.1 Å². The minimum absolute atomic E-state index is 0.0446. The Morgan fingerprint density at radius 1 is 0.917 bits per heavy atom. The molecule has 0 radical (unpaired) electrons. The Morgan fingerprint density at radius 3 is 1.81 bits per heavy atom. The van der Waals surface area contributed by atoms with Gasteiger partial charge in [-0.05, 0) is 74.6 Å². The summed E-state index contributed by atoms with van der Waals surface area (Å²) in [6, 6.07) is 17.5. The van der Waals surface area contributed by atoms with E-state index >= 15 is 0 Å². The van der Waals surface area contributed by atoms with Crippen LogP contribution in [0.15, 0.2) is 65.3 Å². The zero-order chi connectivity index (χ0) is 26.3. The van der Waals surface area contributed by atoms with Crippen molar-refractivity contribution < 1.29 is 13.9 Å². The molecular formula is C27H39N3O3S2Sn. The van der Waals surface area contributed by atoms with Crippen LogP contribution in [0.1, 0.15) is 46.4 Å². The molecule has 9 heteroatoms. The molecule has 2 aromatic carbocycles. The van der Waals surface area contributed by atoms with Gasteiger partial charge >= 0.3 is 96.1 Å². The van der Waals surface area contributed by atoms with Crippen molar-refractivity contribution in [3.8, 4) is 11.5 Å². The number of hydrogen-bond acceptors (Lipinski definition) is 6. The first-order valence-electron chi connectivity index (χ1n) is 12.4. The summed E-state index contributed by atoms with van der Waals surface area (Å²) in [4.78, 5) is 0. The molecule has 0 saturated carbocycles. The number of thiocarbonyl (C=S) groups is 1. The van der Waals surface area contributed by atoms with E-state index < -0.39 is 18.4 Å². The number of hydrogen-bond donors (Lipinski definition) is 3. The van der Waals surface area contributed by atoms with Crippen LogP contribution in [0, 0.1) is 0 Å². The maximum atomic E-state index is 5.88. The Bertz CT molecular complexity index is 974. The van der Waals surface area contributed by atoms with Gasteiger partial charge in [-0.25, -0.2) is 0 Å². The summed E-state index contributed by atoms with van der Waals surface area (Å²) >= 11 is 3.71. The summed E-state index contributed by atoms with van der Waals surface area (Å²) in [7, 11) is 2.16. The Kier molecular flexibility index (Phi) is 14.1. The van der Waals surface area contributed by atoms with Crippen LogP contribution in [0.2, 0.25) is 4.44 Å². The molecule has 0 aliphatic heterocycles. The fourth-order valence-corrected chi connectivity index (χ4v) is 16.8. The molecule has 4 N–H and O–H groups in total. The van der Waals surface area contributed by atoms with Crippen molar-refractivity contribution >= 4 is 59.6 Å². The quantitative estimate of drug-likeness (QED) is 0.167. The number of ether oxygens (including phenoxy) is 2. The van der Waals surface area contributed by atoms with E-state index in [1.165, 1.54) is 13.8 Å². The Balaban J connectivity index is 0.000000281. The van der Waals surface area contributed by atoms with E-state index in [0.29, 0.717) is 18.3 Å². The van der Waals surface area contributed by atoms with Crippen LogP contribution in [-0.4, -0.2) is 42.5 Å². The first-order chi connectivity index (χ1) is 17.4. The van der Waals surface area contributed by atoms with Gasteiger partial charge in [0.2, 0.25) is 0 Å². The van der Waals surface area contributed by atoms with Crippen LogP contribution in [0.4, 0.5) is 11.4 Å². The van der Waals surface area contributed by atoms with E-state index in [-0.39, 0.29) is 6.04 Å². The van der Waals surface area contributed by atoms with Crippen molar-refractivity contribution in [3.63, 3.8) is 0 Å². The molecule has 0 saturated heterocycles. The number of nitrogens with one attached hydrogen (secondary N) is 2. The molecule has 196 valence electrons. The van der Waals surface area contributed by atoms with Crippen molar-refractivity contribution in [2.75, 3.05) is 29.6 Å². The van der Waals surface area contributed by atoms with Gasteiger partial charge in [0.05, 0.1) is 13.2 Å². The van der Waals surface area contributed by atoms with Gasteiger partial charge in [-0.1, -0.05) is 0 Å². The van der Waals surface area contributed by atoms with Crippen molar-refractivity contribution in [2.24, 2.45) is 5.73 Å². The van der Waals surface area contributed by atoms with Gasteiger partial charge < -0.3 is 20.1 Å². The first-order valence-corrected chi connectivity index (χ1v) is 21.9. The average Bonchev–Trinajstić information content (AvgIpc) is 3.36. The Labute approximate surface area is 230 Å². The predicted molar refractivity (Wildman–Crippen MR) is 162 cm³/mol. The summed E-state index contributed by atoms with van der Waals surface area (Å²) in [6.45, 7) is 11.8. The predicted octanol–water partition coefficient (Wildman–Crippen LogP) is 6.30. The van der Waals surface area contributed by atoms with Crippen LogP contribution in [-0.2, 0) is 0 Å². The van der Waals surface area contributed by atoms with Gasteiger partial charge in [-0.3, -0.25) is 0 Å². The molecule has 0 aliphatic rings. The van der Waals surface area contributed by atoms with Crippen molar-refractivity contribution in [1.29, 1.82) is 0 Å². The number of rotatable bonds is 11. The summed E-state index contributed by atoms with van der Waals surface area (Å²) in [5, 5.41) is 6.80. The minimum atomic E-state index is -1.59. The second-order valence-corrected chi connectivity index (χ2v) is 22.8. The number of anilines is 2. The molecule has 0 amide bonds. The monoisotopic (exact) mass is 637 g/mol. The molecule has 3 aromatic rings. The number of furan rings is 1. The van der Waals surface area contributed by atoms with E-state index in [1.807, 2.05) is 69.3 Å². The molecule has 0 spiro atoms. The van der Waals surface area contributed by atoms with E-state index in [9.17, 15) is 0 Å². The van der Waals surface area contributed by atoms with Crippen LogP contribution < -0.4 is 29.4 Å². The molecule has 2 unspecified atom stereocenters. The maximum absolute atomic E-state index is 5.88. The number of benzene rings is 2. The molecule has 2 atom stereocenters. The van der Waals surface area contributed by atoms with Gasteiger partial charge in [0.15, 0.2) is 5.11 Å². The zero-order valence-electron chi connectivity index (χ0n) is 21.9. The molecule has 0 aliphatic carbocycles. The summed E-state index contributed by atoms with van der Waals surface area (Å²) in [5.41, 5.74) is 7.70. The van der Waals surface area contributed by atoms with Crippen LogP contribution in [0.5, 0.6) is 11.5 Å². The van der Waals surface area contributed by atoms with E-state index in [0.717, 1.165) is 28.6 Å². The van der Waals surface area contributed by atoms with Gasteiger partial charge in [-0.15, -0.1) is 0 Å². The van der Waals surface area contributed by atoms with E-state index in [2.05, 4.69) is 39.5 Å². The average molecular weight is 636 g/mol. The number of nitrogens with two attached hydrogens (primary N) is 1. The fraction of sp³-hybridized carbons (Fsp3) is 0.370. The summed E-state index contributed by atoms with van der Waals surface area (Å²) in [5.74, 6) is 3.95. The SMILES string of the molecule is CCOc1ccc(NC(=S)Nc2ccc(OCC)cc2)cc1.CC[S][SnH]([CH2]C)[c]1ccoc1C(C)N. The zero-order valence-corrected chi connectivity index (χ0v) is 26.8. The van der Waals surface area contributed by atoms with Gasteiger partial charge in [-0.2, -0.15) is 0 Å². The van der Waals surface area contributed by atoms with Crippen molar-refractivity contribution in [1.82, 2.24) is 0 Å². The second-order valence-electron chi connectivity index (χ2n) is 7.88. The first kappa shape index (κ1) is 30.3. The standard InChI is InChI=1S/C17H20N2O2S.C6H8NO.C2H6S.C2H5.Sn.H/c1-3-20-15-9-5-13(6-10-15)18-17(22)19-14-7-11-16(12-8-14)21-4-2;1-5(7)6-3-2-4-8-6;1-2-3;1-2;;/h5-12H,3-4H2,1-2H3,(H2,18,19,22);2,4-5H,7H2,1H3;3H,2H2,1H3;1H2,2H3;;/q;;;;+1;/p-1. The fourth-order valence-electron chi connectivity index (χ4n) is 3.49. The third kappa shape index (κ3) is 10.2. The third-order valence-corrected chi connectivity index (χ3v) is 21.7.